The zero-order valence-corrected chi connectivity index (χ0v) is 12.8. The molecule has 1 N–H and O–H groups in total. The summed E-state index contributed by atoms with van der Waals surface area (Å²) < 4.78 is 10.8. The number of nitrogens with one attached hydrogen (secondary N) is 1. The van der Waals surface area contributed by atoms with Crippen LogP contribution in [0.2, 0.25) is 0 Å². The van der Waals surface area contributed by atoms with E-state index in [1.165, 1.54) is 0 Å². The van der Waals surface area contributed by atoms with Crippen molar-refractivity contribution < 1.29 is 9.47 Å². The molecule has 0 saturated carbocycles. The highest BCUT2D eigenvalue weighted by Gasteiger charge is 2.19. The summed E-state index contributed by atoms with van der Waals surface area (Å²) in [7, 11) is 1.65. The van der Waals surface area contributed by atoms with Crippen molar-refractivity contribution in [3.8, 4) is 11.5 Å². The summed E-state index contributed by atoms with van der Waals surface area (Å²) in [6.45, 7) is 5.82. The summed E-state index contributed by atoms with van der Waals surface area (Å²) in [5.41, 5.74) is 0.102. The number of rotatable bonds is 9. The first-order valence-electron chi connectivity index (χ1n) is 6.71. The van der Waals surface area contributed by atoms with Gasteiger partial charge in [0.1, 0.15) is 18.1 Å². The third-order valence-corrected chi connectivity index (χ3v) is 3.60. The second kappa shape index (κ2) is 8.28. The fourth-order valence-electron chi connectivity index (χ4n) is 1.79. The van der Waals surface area contributed by atoms with Gasteiger partial charge < -0.3 is 14.8 Å². The average molecular weight is 286 g/mol. The van der Waals surface area contributed by atoms with Crippen LogP contribution in [0.3, 0.4) is 0 Å². The van der Waals surface area contributed by atoms with Gasteiger partial charge >= 0.3 is 0 Å². The van der Waals surface area contributed by atoms with Gasteiger partial charge in [-0.1, -0.05) is 6.92 Å². The fourth-order valence-corrected chi connectivity index (χ4v) is 2.21. The Morgan fingerprint density at radius 2 is 1.84 bits per heavy atom. The van der Waals surface area contributed by atoms with E-state index in [0.717, 1.165) is 30.9 Å². The maximum absolute atomic E-state index is 5.82. The summed E-state index contributed by atoms with van der Waals surface area (Å²) in [6, 6.07) is 7.62. The summed E-state index contributed by atoms with van der Waals surface area (Å²) in [6.07, 6.45) is 2.02. The van der Waals surface area contributed by atoms with Gasteiger partial charge in [-0.25, -0.2) is 0 Å². The minimum absolute atomic E-state index is 0.102. The summed E-state index contributed by atoms with van der Waals surface area (Å²) in [5, 5.41) is 3.51. The van der Waals surface area contributed by atoms with Crippen LogP contribution in [-0.2, 0) is 0 Å². The van der Waals surface area contributed by atoms with Gasteiger partial charge in [-0.3, -0.25) is 0 Å². The lowest BCUT2D eigenvalue weighted by atomic mass is 9.95. The third kappa shape index (κ3) is 5.70. The highest BCUT2D eigenvalue weighted by atomic mass is 35.5. The Morgan fingerprint density at radius 3 is 2.37 bits per heavy atom. The lowest BCUT2D eigenvalue weighted by Crippen LogP contribution is -2.44. The first-order chi connectivity index (χ1) is 9.13. The molecular weight excluding hydrogens is 262 g/mol. The predicted octanol–water partition coefficient (Wildman–Crippen LogP) is 3.46. The maximum atomic E-state index is 5.82. The molecule has 0 amide bonds. The topological polar surface area (TPSA) is 30.5 Å². The Balaban J connectivity index is 2.29. The van der Waals surface area contributed by atoms with Crippen molar-refractivity contribution in [3.63, 3.8) is 0 Å². The minimum Gasteiger partial charge on any atom is -0.497 e. The Bertz CT molecular complexity index is 356. The normalized spacial score (nSPS) is 13.9. The van der Waals surface area contributed by atoms with Crippen LogP contribution < -0.4 is 14.8 Å². The van der Waals surface area contributed by atoms with E-state index in [-0.39, 0.29) is 5.54 Å². The monoisotopic (exact) mass is 285 g/mol. The Kier molecular flexibility index (Phi) is 7.03. The number of methoxy groups -OCH3 is 1. The third-order valence-electron chi connectivity index (χ3n) is 3.41. The predicted molar refractivity (Wildman–Crippen MR) is 80.5 cm³/mol. The first kappa shape index (κ1) is 16.1. The van der Waals surface area contributed by atoms with Crippen molar-refractivity contribution in [1.82, 2.24) is 5.32 Å². The summed E-state index contributed by atoms with van der Waals surface area (Å²) in [4.78, 5) is 0. The Morgan fingerprint density at radius 1 is 1.21 bits per heavy atom. The van der Waals surface area contributed by atoms with E-state index in [1.807, 2.05) is 24.3 Å². The number of alkyl halides is 1. The molecule has 0 saturated heterocycles. The molecule has 0 bridgehead atoms. The smallest absolute Gasteiger partial charge is 0.119 e. The summed E-state index contributed by atoms with van der Waals surface area (Å²) >= 11 is 5.82. The van der Waals surface area contributed by atoms with E-state index in [4.69, 9.17) is 21.1 Å². The second-order valence-electron chi connectivity index (χ2n) is 4.80. The molecule has 0 aliphatic heterocycles. The molecule has 1 aromatic carbocycles. The molecule has 1 atom stereocenters. The van der Waals surface area contributed by atoms with Crippen molar-refractivity contribution in [3.05, 3.63) is 24.3 Å². The van der Waals surface area contributed by atoms with Crippen molar-refractivity contribution in [1.29, 1.82) is 0 Å². The van der Waals surface area contributed by atoms with Crippen LogP contribution >= 0.6 is 11.6 Å². The molecule has 1 aromatic rings. The lowest BCUT2D eigenvalue weighted by Gasteiger charge is -2.29. The van der Waals surface area contributed by atoms with Gasteiger partial charge in [0.15, 0.2) is 0 Å². The first-order valence-corrected chi connectivity index (χ1v) is 7.25. The SMILES string of the molecule is CCC(C)(CCCl)NCCOc1ccc(OC)cc1. The fraction of sp³-hybridized carbons (Fsp3) is 0.600. The lowest BCUT2D eigenvalue weighted by molar-refractivity contribution is 0.267. The molecular formula is C15H24ClNO2. The molecule has 0 spiro atoms. The minimum atomic E-state index is 0.102. The number of benzene rings is 1. The molecule has 0 radical (unpaired) electrons. The zero-order valence-electron chi connectivity index (χ0n) is 12.0. The van der Waals surface area contributed by atoms with Crippen LogP contribution in [0.1, 0.15) is 26.7 Å². The van der Waals surface area contributed by atoms with Crippen molar-refractivity contribution in [2.24, 2.45) is 0 Å². The van der Waals surface area contributed by atoms with Crippen LogP contribution in [0.15, 0.2) is 24.3 Å². The van der Waals surface area contributed by atoms with E-state index in [0.29, 0.717) is 12.5 Å². The van der Waals surface area contributed by atoms with E-state index >= 15 is 0 Å². The van der Waals surface area contributed by atoms with Gasteiger partial charge in [0.2, 0.25) is 0 Å². The molecule has 0 aliphatic rings. The Labute approximate surface area is 121 Å². The van der Waals surface area contributed by atoms with Crippen LogP contribution in [0, 0.1) is 0 Å². The molecule has 1 unspecified atom stereocenters. The van der Waals surface area contributed by atoms with Crippen molar-refractivity contribution in [2.75, 3.05) is 26.1 Å². The van der Waals surface area contributed by atoms with E-state index in [9.17, 15) is 0 Å². The average Bonchev–Trinajstić information content (AvgIpc) is 2.44. The number of hydrogen-bond donors (Lipinski definition) is 1. The molecule has 0 fully saturated rings. The second-order valence-corrected chi connectivity index (χ2v) is 5.18. The van der Waals surface area contributed by atoms with Crippen molar-refractivity contribution >= 4 is 11.6 Å². The van der Waals surface area contributed by atoms with Gasteiger partial charge in [0, 0.05) is 18.0 Å². The number of ether oxygens (including phenoxy) is 2. The van der Waals surface area contributed by atoms with Crippen LogP contribution in [0.4, 0.5) is 0 Å². The summed E-state index contributed by atoms with van der Waals surface area (Å²) in [5.74, 6) is 2.38. The molecule has 108 valence electrons. The van der Waals surface area contributed by atoms with E-state index < -0.39 is 0 Å². The van der Waals surface area contributed by atoms with Gasteiger partial charge in [0.25, 0.3) is 0 Å². The van der Waals surface area contributed by atoms with Crippen LogP contribution in [0.25, 0.3) is 0 Å². The maximum Gasteiger partial charge on any atom is 0.119 e. The standard InChI is InChI=1S/C15H24ClNO2/c1-4-15(2,9-10-16)17-11-12-19-14-7-5-13(18-3)6-8-14/h5-8,17H,4,9-12H2,1-3H3. The Hall–Kier alpha value is -0.930. The van der Waals surface area contributed by atoms with Gasteiger partial charge in [0.05, 0.1) is 7.11 Å². The van der Waals surface area contributed by atoms with Crippen LogP contribution in [0.5, 0.6) is 11.5 Å². The number of hydrogen-bond acceptors (Lipinski definition) is 3. The molecule has 0 heterocycles. The molecule has 3 nitrogen and oxygen atoms in total. The highest BCUT2D eigenvalue weighted by molar-refractivity contribution is 6.17. The zero-order chi connectivity index (χ0) is 14.1. The van der Waals surface area contributed by atoms with Gasteiger partial charge in [-0.2, -0.15) is 0 Å². The van der Waals surface area contributed by atoms with Gasteiger partial charge in [-0.05, 0) is 44.0 Å². The van der Waals surface area contributed by atoms with Gasteiger partial charge in [-0.15, -0.1) is 11.6 Å². The van der Waals surface area contributed by atoms with E-state index in [1.54, 1.807) is 7.11 Å². The molecule has 0 aromatic heterocycles. The van der Waals surface area contributed by atoms with Crippen molar-refractivity contribution in [2.45, 2.75) is 32.2 Å². The quantitative estimate of drug-likeness (QED) is 0.557. The van der Waals surface area contributed by atoms with E-state index in [2.05, 4.69) is 19.2 Å². The molecule has 4 heteroatoms. The molecule has 1 rings (SSSR count). The largest absolute Gasteiger partial charge is 0.497 e. The highest BCUT2D eigenvalue weighted by Crippen LogP contribution is 2.17. The number of halogens is 1. The van der Waals surface area contributed by atoms with Crippen LogP contribution in [-0.4, -0.2) is 31.7 Å². The molecule has 0 aliphatic carbocycles. The molecule has 19 heavy (non-hydrogen) atoms.